The van der Waals surface area contributed by atoms with Crippen LogP contribution in [0.15, 0.2) is 35.4 Å². The highest BCUT2D eigenvalue weighted by molar-refractivity contribution is 7.90. The van der Waals surface area contributed by atoms with Crippen LogP contribution in [0.5, 0.6) is 0 Å². The third kappa shape index (κ3) is 2.98. The van der Waals surface area contributed by atoms with Crippen molar-refractivity contribution in [3.05, 3.63) is 58.3 Å². The molecule has 0 aliphatic heterocycles. The summed E-state index contributed by atoms with van der Waals surface area (Å²) in [6.07, 6.45) is 0. The summed E-state index contributed by atoms with van der Waals surface area (Å²) in [7, 11) is -3.82. The second kappa shape index (κ2) is 5.97. The van der Waals surface area contributed by atoms with Crippen LogP contribution in [0.3, 0.4) is 0 Å². The number of hydrogen-bond acceptors (Lipinski definition) is 5. The molecule has 2 rings (SSSR count). The van der Waals surface area contributed by atoms with Crippen molar-refractivity contribution in [2.24, 2.45) is 0 Å². The summed E-state index contributed by atoms with van der Waals surface area (Å²) in [5.74, 6) is -0.360. The van der Waals surface area contributed by atoms with E-state index in [4.69, 9.17) is 5.26 Å². The summed E-state index contributed by atoms with van der Waals surface area (Å²) in [4.78, 5) is 4.03. The minimum Gasteiger partial charge on any atom is -0.240 e. The summed E-state index contributed by atoms with van der Waals surface area (Å²) in [6.45, 7) is 3.35. The zero-order valence-corrected chi connectivity index (χ0v) is 13.0. The lowest BCUT2D eigenvalue weighted by molar-refractivity contribution is 0.590. The number of pyridine rings is 1. The minimum absolute atomic E-state index is 0.0556. The molecular weight excluding hydrogens is 298 g/mol. The second-order valence-corrected chi connectivity index (χ2v) is 6.81. The van der Waals surface area contributed by atoms with Crippen LogP contribution < -0.4 is 0 Å². The Morgan fingerprint density at radius 2 is 1.82 bits per heavy atom. The first-order valence-electron chi connectivity index (χ1n) is 6.48. The summed E-state index contributed by atoms with van der Waals surface area (Å²) >= 11 is 0. The quantitative estimate of drug-likeness (QED) is 0.867. The third-order valence-corrected chi connectivity index (χ3v) is 4.78. The van der Waals surface area contributed by atoms with Gasteiger partial charge in [-0.2, -0.15) is 10.5 Å². The molecule has 1 heterocycles. The fourth-order valence-corrected chi connectivity index (χ4v) is 3.79. The molecule has 0 saturated carbocycles. The lowest BCUT2D eigenvalue weighted by Crippen LogP contribution is -2.12. The normalized spacial score (nSPS) is 10.7. The summed E-state index contributed by atoms with van der Waals surface area (Å²) in [5.41, 5.74) is 1.86. The molecule has 0 amide bonds. The van der Waals surface area contributed by atoms with Crippen molar-refractivity contribution in [2.75, 3.05) is 0 Å². The van der Waals surface area contributed by atoms with Gasteiger partial charge in [-0.3, -0.25) is 0 Å². The van der Waals surface area contributed by atoms with Crippen LogP contribution in [-0.4, -0.2) is 13.4 Å². The zero-order valence-electron chi connectivity index (χ0n) is 12.2. The summed E-state index contributed by atoms with van der Waals surface area (Å²) in [5, 5.41) is 18.1. The number of benzene rings is 1. The van der Waals surface area contributed by atoms with Crippen molar-refractivity contribution in [1.82, 2.24) is 4.98 Å². The summed E-state index contributed by atoms with van der Waals surface area (Å²) in [6, 6.07) is 12.0. The first-order valence-corrected chi connectivity index (χ1v) is 8.13. The molecule has 0 spiro atoms. The van der Waals surface area contributed by atoms with E-state index in [1.54, 1.807) is 44.2 Å². The lowest BCUT2D eigenvalue weighted by atomic mass is 10.1. The molecule has 0 unspecified atom stereocenters. The fourth-order valence-electron chi connectivity index (χ4n) is 2.19. The molecule has 1 aromatic heterocycles. The largest absolute Gasteiger partial charge is 0.240 e. The standard InChI is InChI=1S/C16H13N3O2S/c1-11-7-12(2)19-16(15(11)9-18)22(20,21)10-14-6-4-3-5-13(14)8-17/h3-7H,10H2,1-2H3. The number of rotatable bonds is 3. The predicted octanol–water partition coefficient (Wildman–Crippen LogP) is 2.42. The van der Waals surface area contributed by atoms with Crippen molar-refractivity contribution in [1.29, 1.82) is 10.5 Å². The van der Waals surface area contributed by atoms with Gasteiger partial charge >= 0.3 is 0 Å². The lowest BCUT2D eigenvalue weighted by Gasteiger charge is -2.09. The van der Waals surface area contributed by atoms with Crippen LogP contribution in [0, 0.1) is 36.5 Å². The van der Waals surface area contributed by atoms with E-state index in [1.807, 2.05) is 12.1 Å². The molecule has 0 radical (unpaired) electrons. The van der Waals surface area contributed by atoms with Crippen molar-refractivity contribution in [3.8, 4) is 12.1 Å². The van der Waals surface area contributed by atoms with Gasteiger partial charge in [0.05, 0.1) is 22.9 Å². The molecule has 0 atom stereocenters. The molecule has 5 nitrogen and oxygen atoms in total. The third-order valence-electron chi connectivity index (χ3n) is 3.20. The van der Waals surface area contributed by atoms with E-state index >= 15 is 0 Å². The van der Waals surface area contributed by atoms with E-state index < -0.39 is 9.84 Å². The smallest absolute Gasteiger partial charge is 0.201 e. The van der Waals surface area contributed by atoms with Crippen LogP contribution in [0.2, 0.25) is 0 Å². The molecule has 6 heteroatoms. The fraction of sp³-hybridized carbons (Fsp3) is 0.188. The van der Waals surface area contributed by atoms with E-state index in [2.05, 4.69) is 4.98 Å². The Morgan fingerprint density at radius 1 is 1.14 bits per heavy atom. The molecule has 1 aromatic carbocycles. The van der Waals surface area contributed by atoms with Gasteiger partial charge in [-0.15, -0.1) is 0 Å². The van der Waals surface area contributed by atoms with Gasteiger partial charge < -0.3 is 0 Å². The molecule has 2 aromatic rings. The molecule has 0 aliphatic rings. The molecular formula is C16H13N3O2S. The Morgan fingerprint density at radius 3 is 2.45 bits per heavy atom. The maximum atomic E-state index is 12.6. The van der Waals surface area contributed by atoms with Gasteiger partial charge in [-0.1, -0.05) is 18.2 Å². The number of nitrogens with zero attached hydrogens (tertiary/aromatic N) is 3. The van der Waals surface area contributed by atoms with Crippen molar-refractivity contribution < 1.29 is 8.42 Å². The SMILES string of the molecule is Cc1cc(C)c(C#N)c(S(=O)(=O)Cc2ccccc2C#N)n1. The van der Waals surface area contributed by atoms with Gasteiger partial charge in [-0.05, 0) is 37.1 Å². The maximum absolute atomic E-state index is 12.6. The second-order valence-electron chi connectivity index (χ2n) is 4.90. The van der Waals surface area contributed by atoms with E-state index in [0.717, 1.165) is 0 Å². The van der Waals surface area contributed by atoms with Crippen LogP contribution in [0.4, 0.5) is 0 Å². The minimum atomic E-state index is -3.82. The Kier molecular flexibility index (Phi) is 4.25. The highest BCUT2D eigenvalue weighted by atomic mass is 32.2. The average molecular weight is 311 g/mol. The molecule has 0 aliphatic carbocycles. The number of hydrogen-bond donors (Lipinski definition) is 0. The Balaban J connectivity index is 2.58. The topological polar surface area (TPSA) is 94.6 Å². The zero-order chi connectivity index (χ0) is 16.3. The number of nitriles is 2. The Bertz CT molecular complexity index is 919. The van der Waals surface area contributed by atoms with Gasteiger partial charge in [0.2, 0.25) is 9.84 Å². The summed E-state index contributed by atoms with van der Waals surface area (Å²) < 4.78 is 25.3. The van der Waals surface area contributed by atoms with Gasteiger partial charge in [0, 0.05) is 5.69 Å². The molecule has 0 fully saturated rings. The predicted molar refractivity (Wildman–Crippen MR) is 80.5 cm³/mol. The van der Waals surface area contributed by atoms with Crippen LogP contribution in [0.25, 0.3) is 0 Å². The van der Waals surface area contributed by atoms with Crippen LogP contribution in [-0.2, 0) is 15.6 Å². The van der Waals surface area contributed by atoms with Crippen LogP contribution >= 0.6 is 0 Å². The molecule has 110 valence electrons. The highest BCUT2D eigenvalue weighted by Gasteiger charge is 2.24. The van der Waals surface area contributed by atoms with Gasteiger partial charge in [0.15, 0.2) is 5.03 Å². The monoisotopic (exact) mass is 311 g/mol. The molecule has 0 saturated heterocycles. The van der Waals surface area contributed by atoms with E-state index in [0.29, 0.717) is 22.4 Å². The molecule has 0 N–H and O–H groups in total. The first-order chi connectivity index (χ1) is 10.4. The Hall–Kier alpha value is -2.70. The van der Waals surface area contributed by atoms with Crippen molar-refractivity contribution >= 4 is 9.84 Å². The van der Waals surface area contributed by atoms with Gasteiger partial charge in [0.1, 0.15) is 6.07 Å². The number of aryl methyl sites for hydroxylation is 2. The van der Waals surface area contributed by atoms with Crippen molar-refractivity contribution in [3.63, 3.8) is 0 Å². The molecule has 22 heavy (non-hydrogen) atoms. The van der Waals surface area contributed by atoms with Gasteiger partial charge in [0.25, 0.3) is 0 Å². The van der Waals surface area contributed by atoms with E-state index in [1.165, 1.54) is 0 Å². The highest BCUT2D eigenvalue weighted by Crippen LogP contribution is 2.23. The maximum Gasteiger partial charge on any atom is 0.201 e. The number of sulfone groups is 1. The van der Waals surface area contributed by atoms with Gasteiger partial charge in [-0.25, -0.2) is 13.4 Å². The average Bonchev–Trinajstić information content (AvgIpc) is 2.46. The van der Waals surface area contributed by atoms with E-state index in [-0.39, 0.29) is 16.3 Å². The first kappa shape index (κ1) is 15.7. The van der Waals surface area contributed by atoms with E-state index in [9.17, 15) is 13.7 Å². The van der Waals surface area contributed by atoms with Crippen molar-refractivity contribution in [2.45, 2.75) is 24.6 Å². The number of aromatic nitrogens is 1. The molecule has 0 bridgehead atoms. The van der Waals surface area contributed by atoms with Crippen LogP contribution in [0.1, 0.15) is 27.9 Å². The Labute approximate surface area is 129 Å².